The van der Waals surface area contributed by atoms with E-state index in [-0.39, 0.29) is 0 Å². The van der Waals surface area contributed by atoms with Gasteiger partial charge in [-0.1, -0.05) is 12.5 Å². The van der Waals surface area contributed by atoms with Gasteiger partial charge in [0.2, 0.25) is 0 Å². The summed E-state index contributed by atoms with van der Waals surface area (Å²) in [6, 6.07) is 0. The molecular weight excluding hydrogens is 182 g/mol. The minimum Gasteiger partial charge on any atom is -0.758 e. The van der Waals surface area contributed by atoms with Crippen molar-refractivity contribution in [2.75, 3.05) is 6.61 Å². The molecule has 0 amide bonds. The molecule has 1 heterocycles. The maximum absolute atomic E-state index is 11.7. The summed E-state index contributed by atoms with van der Waals surface area (Å²) in [5.41, 5.74) is -0.0741. The van der Waals surface area contributed by atoms with Gasteiger partial charge in [0.1, 0.15) is 5.54 Å². The number of hydrogen-bond acceptors (Lipinski definition) is 4. The third-order valence-corrected chi connectivity index (χ3v) is 2.57. The second-order valence-corrected chi connectivity index (χ2v) is 3.58. The van der Waals surface area contributed by atoms with Gasteiger partial charge < -0.3 is 15.0 Å². The number of esters is 1. The first-order valence-electron chi connectivity index (χ1n) is 4.87. The van der Waals surface area contributed by atoms with Crippen molar-refractivity contribution in [2.24, 2.45) is 0 Å². The SMILES string of the molecule is CCOC(=O)C1(CC)CC(C)=CN1[O-]. The first-order chi connectivity index (χ1) is 6.56. The fourth-order valence-electron chi connectivity index (χ4n) is 1.76. The van der Waals surface area contributed by atoms with E-state index >= 15 is 0 Å². The predicted molar refractivity (Wildman–Crippen MR) is 53.2 cm³/mol. The Labute approximate surface area is 84.1 Å². The molecule has 1 aliphatic heterocycles. The number of carbonyl (C=O) groups excluding carboxylic acids is 1. The molecule has 14 heavy (non-hydrogen) atoms. The molecule has 0 bridgehead atoms. The number of hydrogen-bond donors (Lipinski definition) is 0. The van der Waals surface area contributed by atoms with Crippen molar-refractivity contribution in [3.8, 4) is 0 Å². The van der Waals surface area contributed by atoms with E-state index in [0.717, 1.165) is 10.6 Å². The fraction of sp³-hybridized carbons (Fsp3) is 0.700. The van der Waals surface area contributed by atoms with Crippen LogP contribution in [0.1, 0.15) is 33.6 Å². The molecule has 0 fully saturated rings. The number of rotatable bonds is 3. The van der Waals surface area contributed by atoms with Crippen molar-refractivity contribution in [3.63, 3.8) is 0 Å². The Bertz CT molecular complexity index is 262. The molecule has 1 atom stereocenters. The highest BCUT2D eigenvalue weighted by Crippen LogP contribution is 2.34. The maximum Gasteiger partial charge on any atom is 0.331 e. The zero-order valence-corrected chi connectivity index (χ0v) is 8.87. The van der Waals surface area contributed by atoms with E-state index in [0.29, 0.717) is 19.4 Å². The number of ether oxygens (including phenoxy) is 1. The molecule has 1 unspecified atom stereocenters. The highest BCUT2D eigenvalue weighted by atomic mass is 16.6. The molecule has 1 rings (SSSR count). The van der Waals surface area contributed by atoms with Crippen LogP contribution in [0.5, 0.6) is 0 Å². The van der Waals surface area contributed by atoms with E-state index in [2.05, 4.69) is 0 Å². The molecule has 4 nitrogen and oxygen atoms in total. The van der Waals surface area contributed by atoms with Crippen LogP contribution in [0.25, 0.3) is 0 Å². The normalized spacial score (nSPS) is 26.3. The van der Waals surface area contributed by atoms with E-state index in [1.807, 2.05) is 13.8 Å². The molecule has 0 aliphatic carbocycles. The Morgan fingerprint density at radius 2 is 2.36 bits per heavy atom. The lowest BCUT2D eigenvalue weighted by atomic mass is 9.92. The quantitative estimate of drug-likeness (QED) is 0.649. The van der Waals surface area contributed by atoms with Crippen LogP contribution in [0.4, 0.5) is 0 Å². The number of carbonyl (C=O) groups is 1. The van der Waals surface area contributed by atoms with Crippen LogP contribution >= 0.6 is 0 Å². The van der Waals surface area contributed by atoms with Crippen LogP contribution in [0.3, 0.4) is 0 Å². The Morgan fingerprint density at radius 3 is 2.71 bits per heavy atom. The molecule has 4 heteroatoms. The van der Waals surface area contributed by atoms with Gasteiger partial charge in [-0.05, 0) is 26.5 Å². The van der Waals surface area contributed by atoms with Gasteiger partial charge in [0.25, 0.3) is 0 Å². The second-order valence-electron chi connectivity index (χ2n) is 3.58. The van der Waals surface area contributed by atoms with Crippen molar-refractivity contribution >= 4 is 5.97 Å². The van der Waals surface area contributed by atoms with Crippen molar-refractivity contribution in [1.82, 2.24) is 5.06 Å². The summed E-state index contributed by atoms with van der Waals surface area (Å²) in [5.74, 6) is -0.411. The molecule has 0 radical (unpaired) electrons. The average molecular weight is 198 g/mol. The van der Waals surface area contributed by atoms with Crippen LogP contribution in [0.15, 0.2) is 11.8 Å². The number of hydroxylamine groups is 2. The lowest BCUT2D eigenvalue weighted by Crippen LogP contribution is -2.47. The van der Waals surface area contributed by atoms with Gasteiger partial charge in [0, 0.05) is 6.42 Å². The third-order valence-electron chi connectivity index (χ3n) is 2.57. The standard InChI is InChI=1S/C10H16NO3/c1-4-10(9(12)14-5-2)6-8(3)7-11(10)13/h7H,4-6H2,1-3H3/q-1. The minimum absolute atomic E-state index is 0.313. The molecular formula is C10H16NO3-. The van der Waals surface area contributed by atoms with Gasteiger partial charge in [-0.25, -0.2) is 4.79 Å². The molecule has 0 saturated carbocycles. The van der Waals surface area contributed by atoms with Crippen molar-refractivity contribution in [3.05, 3.63) is 17.0 Å². The first kappa shape index (κ1) is 11.0. The minimum atomic E-state index is -1.000. The van der Waals surface area contributed by atoms with Crippen LogP contribution in [0.2, 0.25) is 0 Å². The van der Waals surface area contributed by atoms with Crippen molar-refractivity contribution in [1.29, 1.82) is 0 Å². The smallest absolute Gasteiger partial charge is 0.331 e. The van der Waals surface area contributed by atoms with E-state index < -0.39 is 11.5 Å². The maximum atomic E-state index is 11.7. The molecule has 0 spiro atoms. The van der Waals surface area contributed by atoms with E-state index in [1.165, 1.54) is 6.20 Å². The summed E-state index contributed by atoms with van der Waals surface area (Å²) in [6.45, 7) is 5.73. The first-order valence-corrected chi connectivity index (χ1v) is 4.87. The molecule has 1 aliphatic rings. The highest BCUT2D eigenvalue weighted by Gasteiger charge is 2.42. The number of nitrogens with zero attached hydrogens (tertiary/aromatic N) is 1. The van der Waals surface area contributed by atoms with Crippen molar-refractivity contribution in [2.45, 2.75) is 39.2 Å². The lowest BCUT2D eigenvalue weighted by Gasteiger charge is -2.41. The predicted octanol–water partition coefficient (Wildman–Crippen LogP) is 1.81. The van der Waals surface area contributed by atoms with Crippen LogP contribution < -0.4 is 0 Å². The lowest BCUT2D eigenvalue weighted by molar-refractivity contribution is -0.154. The zero-order chi connectivity index (χ0) is 10.8. The summed E-state index contributed by atoms with van der Waals surface area (Å²) >= 11 is 0. The third kappa shape index (κ3) is 1.62. The van der Waals surface area contributed by atoms with Crippen LogP contribution in [-0.2, 0) is 9.53 Å². The van der Waals surface area contributed by atoms with Crippen molar-refractivity contribution < 1.29 is 9.53 Å². The second kappa shape index (κ2) is 4.00. The summed E-state index contributed by atoms with van der Waals surface area (Å²) in [7, 11) is 0. The van der Waals surface area contributed by atoms with Gasteiger partial charge in [-0.3, -0.25) is 0 Å². The molecule has 80 valence electrons. The monoisotopic (exact) mass is 198 g/mol. The van der Waals surface area contributed by atoms with E-state index in [9.17, 15) is 10.0 Å². The summed E-state index contributed by atoms with van der Waals surface area (Å²) in [5, 5.41) is 12.3. The van der Waals surface area contributed by atoms with E-state index in [4.69, 9.17) is 4.74 Å². The van der Waals surface area contributed by atoms with Gasteiger partial charge in [0.05, 0.1) is 6.61 Å². The van der Waals surface area contributed by atoms with Gasteiger partial charge in [-0.15, -0.1) is 0 Å². The molecule has 0 aromatic rings. The summed E-state index contributed by atoms with van der Waals surface area (Å²) in [4.78, 5) is 11.7. The largest absolute Gasteiger partial charge is 0.758 e. The van der Waals surface area contributed by atoms with Gasteiger partial charge >= 0.3 is 5.97 Å². The van der Waals surface area contributed by atoms with Gasteiger partial charge in [-0.2, -0.15) is 0 Å². The molecule has 0 aromatic carbocycles. The Hall–Kier alpha value is -1.03. The topological polar surface area (TPSA) is 52.6 Å². The van der Waals surface area contributed by atoms with E-state index in [1.54, 1.807) is 6.92 Å². The Balaban J connectivity index is 2.84. The molecule has 0 N–H and O–H groups in total. The Morgan fingerprint density at radius 1 is 1.71 bits per heavy atom. The molecule has 0 saturated heterocycles. The Kier molecular flexibility index (Phi) is 3.16. The van der Waals surface area contributed by atoms with Gasteiger partial charge in [0.15, 0.2) is 0 Å². The average Bonchev–Trinajstić information content (AvgIpc) is 2.42. The molecule has 0 aromatic heterocycles. The zero-order valence-electron chi connectivity index (χ0n) is 8.87. The summed E-state index contributed by atoms with van der Waals surface area (Å²) < 4.78 is 4.92. The summed E-state index contributed by atoms with van der Waals surface area (Å²) in [6.07, 6.45) is 2.43. The fourth-order valence-corrected chi connectivity index (χ4v) is 1.76. The highest BCUT2D eigenvalue weighted by molar-refractivity contribution is 5.82. The van der Waals surface area contributed by atoms with Crippen LogP contribution in [-0.4, -0.2) is 23.2 Å². The van der Waals surface area contributed by atoms with Crippen LogP contribution in [0, 0.1) is 5.21 Å².